The van der Waals surface area contributed by atoms with E-state index in [1.807, 2.05) is 22.9 Å². The Hall–Kier alpha value is -2.01. The zero-order chi connectivity index (χ0) is 17.5. The Balaban J connectivity index is 1.90. The van der Waals surface area contributed by atoms with Crippen molar-refractivity contribution >= 4 is 23.2 Å². The predicted molar refractivity (Wildman–Crippen MR) is 98.6 cm³/mol. The molecule has 0 aliphatic heterocycles. The summed E-state index contributed by atoms with van der Waals surface area (Å²) in [5.74, 6) is 0.354. The fourth-order valence-corrected chi connectivity index (χ4v) is 2.40. The van der Waals surface area contributed by atoms with E-state index >= 15 is 0 Å². The van der Waals surface area contributed by atoms with Crippen LogP contribution in [0.1, 0.15) is 37.6 Å². The lowest BCUT2D eigenvalue weighted by atomic mass is 10.1. The molecule has 0 aliphatic carbocycles. The maximum Gasteiger partial charge on any atom is 0.252 e. The minimum Gasteiger partial charge on any atom is -0.382 e. The molecule has 0 spiro atoms. The zero-order valence-corrected chi connectivity index (χ0v) is 15.2. The van der Waals surface area contributed by atoms with Gasteiger partial charge in [0.1, 0.15) is 0 Å². The van der Waals surface area contributed by atoms with Gasteiger partial charge in [0.2, 0.25) is 0 Å². The zero-order valence-electron chi connectivity index (χ0n) is 14.4. The van der Waals surface area contributed by atoms with Crippen molar-refractivity contribution < 1.29 is 4.79 Å². The highest BCUT2D eigenvalue weighted by Gasteiger charge is 2.13. The quantitative estimate of drug-likeness (QED) is 0.713. The molecule has 0 saturated carbocycles. The highest BCUT2D eigenvalue weighted by atomic mass is 35.5. The van der Waals surface area contributed by atoms with Gasteiger partial charge in [0.25, 0.3) is 5.91 Å². The number of amides is 1. The van der Waals surface area contributed by atoms with Gasteiger partial charge in [0.05, 0.1) is 16.9 Å². The second-order valence-corrected chi connectivity index (χ2v) is 6.69. The molecule has 6 heteroatoms. The number of hydrogen-bond acceptors (Lipinski definition) is 3. The molecule has 2 rings (SSSR count). The summed E-state index contributed by atoms with van der Waals surface area (Å²) in [6.45, 7) is 7.84. The number of benzene rings is 1. The van der Waals surface area contributed by atoms with Gasteiger partial charge in [-0.15, -0.1) is 0 Å². The van der Waals surface area contributed by atoms with E-state index in [0.29, 0.717) is 29.1 Å². The number of nitrogens with one attached hydrogen (secondary N) is 2. The topological polar surface area (TPSA) is 59.0 Å². The summed E-state index contributed by atoms with van der Waals surface area (Å²) in [6, 6.07) is 5.79. The van der Waals surface area contributed by atoms with Gasteiger partial charge in [0, 0.05) is 37.2 Å². The van der Waals surface area contributed by atoms with Gasteiger partial charge in [-0.05, 0) is 37.5 Å². The lowest BCUT2D eigenvalue weighted by Crippen LogP contribution is -2.26. The summed E-state index contributed by atoms with van der Waals surface area (Å²) in [6.07, 6.45) is 6.25. The monoisotopic (exact) mass is 348 g/mol. The highest BCUT2D eigenvalue weighted by molar-refractivity contribution is 6.34. The molecule has 0 radical (unpaired) electrons. The number of carbonyl (C=O) groups is 1. The summed E-state index contributed by atoms with van der Waals surface area (Å²) in [4.78, 5) is 16.3. The third kappa shape index (κ3) is 5.27. The Morgan fingerprint density at radius 2 is 2.12 bits per heavy atom. The van der Waals surface area contributed by atoms with E-state index in [0.717, 1.165) is 18.7 Å². The Morgan fingerprint density at radius 3 is 2.79 bits per heavy atom. The maximum absolute atomic E-state index is 12.4. The van der Waals surface area contributed by atoms with Crippen LogP contribution in [-0.4, -0.2) is 28.0 Å². The molecule has 1 amide bonds. The van der Waals surface area contributed by atoms with Crippen molar-refractivity contribution in [2.24, 2.45) is 5.92 Å². The van der Waals surface area contributed by atoms with Crippen LogP contribution in [0.5, 0.6) is 0 Å². The van der Waals surface area contributed by atoms with Gasteiger partial charge in [0.15, 0.2) is 0 Å². The van der Waals surface area contributed by atoms with E-state index in [4.69, 9.17) is 11.6 Å². The normalized spacial score (nSPS) is 12.2. The molecule has 1 aromatic carbocycles. The Kier molecular flexibility index (Phi) is 6.67. The molecular weight excluding hydrogens is 324 g/mol. The van der Waals surface area contributed by atoms with Crippen molar-refractivity contribution in [3.63, 3.8) is 0 Å². The lowest BCUT2D eigenvalue weighted by molar-refractivity contribution is 0.0953. The fraction of sp³-hybridized carbons (Fsp3) is 0.444. The van der Waals surface area contributed by atoms with E-state index < -0.39 is 0 Å². The molecule has 24 heavy (non-hydrogen) atoms. The molecule has 1 aromatic heterocycles. The van der Waals surface area contributed by atoms with E-state index in [2.05, 4.69) is 36.4 Å². The van der Waals surface area contributed by atoms with Gasteiger partial charge in [-0.1, -0.05) is 25.4 Å². The molecule has 0 aliphatic rings. The first-order chi connectivity index (χ1) is 11.5. The first-order valence-corrected chi connectivity index (χ1v) is 8.65. The van der Waals surface area contributed by atoms with Crippen LogP contribution >= 0.6 is 11.6 Å². The van der Waals surface area contributed by atoms with E-state index in [-0.39, 0.29) is 5.91 Å². The van der Waals surface area contributed by atoms with Crippen LogP contribution in [0.3, 0.4) is 0 Å². The summed E-state index contributed by atoms with van der Waals surface area (Å²) >= 11 is 6.18. The second kappa shape index (κ2) is 8.73. The molecule has 5 nitrogen and oxygen atoms in total. The Bertz CT molecular complexity index is 655. The number of carbonyl (C=O) groups excluding carboxylic acids is 1. The summed E-state index contributed by atoms with van der Waals surface area (Å²) < 4.78 is 1.98. The molecule has 130 valence electrons. The molecule has 2 N–H and O–H groups in total. The molecule has 1 atom stereocenters. The fourth-order valence-electron chi connectivity index (χ4n) is 2.20. The average molecular weight is 349 g/mol. The summed E-state index contributed by atoms with van der Waals surface area (Å²) in [5, 5.41) is 6.78. The van der Waals surface area contributed by atoms with Crippen LogP contribution in [0, 0.1) is 5.92 Å². The Morgan fingerprint density at radius 1 is 1.33 bits per heavy atom. The van der Waals surface area contributed by atoms with Crippen molar-refractivity contribution in [2.45, 2.75) is 39.8 Å². The number of hydrogen-bond donors (Lipinski definition) is 2. The number of imidazole rings is 1. The van der Waals surface area contributed by atoms with Gasteiger partial charge < -0.3 is 15.2 Å². The standard InChI is InChI=1S/C18H25ClN4O/c1-13(2)14(3)22-15-5-6-17(19)16(11-15)18(24)21-7-4-9-23-10-8-20-12-23/h5-6,8,10-14,22H,4,7,9H2,1-3H3,(H,21,24). The van der Waals surface area contributed by atoms with Gasteiger partial charge in [-0.25, -0.2) is 4.98 Å². The third-order valence-corrected chi connectivity index (χ3v) is 4.37. The first kappa shape index (κ1) is 18.3. The number of halogens is 1. The maximum atomic E-state index is 12.4. The van der Waals surface area contributed by atoms with Gasteiger partial charge in [-0.3, -0.25) is 4.79 Å². The summed E-state index contributed by atoms with van der Waals surface area (Å²) in [5.41, 5.74) is 1.41. The Labute approximate surface area is 148 Å². The molecule has 2 aromatic rings. The van der Waals surface area contributed by atoms with Crippen molar-refractivity contribution in [3.8, 4) is 0 Å². The molecule has 0 bridgehead atoms. The summed E-state index contributed by atoms with van der Waals surface area (Å²) in [7, 11) is 0. The molecular formula is C18H25ClN4O. The van der Waals surface area contributed by atoms with Crippen molar-refractivity contribution in [2.75, 3.05) is 11.9 Å². The molecule has 0 saturated heterocycles. The second-order valence-electron chi connectivity index (χ2n) is 6.28. The minimum atomic E-state index is -0.147. The number of aryl methyl sites for hydroxylation is 1. The van der Waals surface area contributed by atoms with Crippen LogP contribution in [0.25, 0.3) is 0 Å². The smallest absolute Gasteiger partial charge is 0.252 e. The van der Waals surface area contributed by atoms with Crippen LogP contribution in [-0.2, 0) is 6.54 Å². The van der Waals surface area contributed by atoms with Crippen LogP contribution in [0.4, 0.5) is 5.69 Å². The third-order valence-electron chi connectivity index (χ3n) is 4.04. The van der Waals surface area contributed by atoms with Crippen LogP contribution in [0.2, 0.25) is 5.02 Å². The molecule has 1 heterocycles. The van der Waals surface area contributed by atoms with E-state index in [1.165, 1.54) is 0 Å². The number of rotatable bonds is 8. The average Bonchev–Trinajstić information content (AvgIpc) is 3.06. The highest BCUT2D eigenvalue weighted by Crippen LogP contribution is 2.22. The van der Waals surface area contributed by atoms with Crippen molar-refractivity contribution in [3.05, 3.63) is 47.5 Å². The predicted octanol–water partition coefficient (Wildman–Crippen LogP) is 3.81. The molecule has 1 unspecified atom stereocenters. The van der Waals surface area contributed by atoms with Crippen molar-refractivity contribution in [1.29, 1.82) is 0 Å². The van der Waals surface area contributed by atoms with Crippen LogP contribution in [0.15, 0.2) is 36.9 Å². The van der Waals surface area contributed by atoms with Gasteiger partial charge >= 0.3 is 0 Å². The minimum absolute atomic E-state index is 0.147. The van der Waals surface area contributed by atoms with E-state index in [1.54, 1.807) is 18.6 Å². The van der Waals surface area contributed by atoms with Crippen LogP contribution < -0.4 is 10.6 Å². The first-order valence-electron chi connectivity index (χ1n) is 8.27. The van der Waals surface area contributed by atoms with Crippen molar-refractivity contribution in [1.82, 2.24) is 14.9 Å². The van der Waals surface area contributed by atoms with E-state index in [9.17, 15) is 4.79 Å². The number of aromatic nitrogens is 2. The molecule has 0 fully saturated rings. The number of nitrogens with zero attached hydrogens (tertiary/aromatic N) is 2. The van der Waals surface area contributed by atoms with Gasteiger partial charge in [-0.2, -0.15) is 0 Å². The number of anilines is 1. The largest absolute Gasteiger partial charge is 0.382 e. The SMILES string of the molecule is CC(C)C(C)Nc1ccc(Cl)c(C(=O)NCCCn2ccnc2)c1. The lowest BCUT2D eigenvalue weighted by Gasteiger charge is -2.19.